The van der Waals surface area contributed by atoms with Crippen molar-refractivity contribution in [3.8, 4) is 0 Å². The SMILES string of the molecule is CCCCCC(Nc1ccc(F)cc1)C(N)=O. The summed E-state index contributed by atoms with van der Waals surface area (Å²) in [6, 6.07) is 5.53. The summed E-state index contributed by atoms with van der Waals surface area (Å²) in [5.41, 5.74) is 6.04. The maximum absolute atomic E-state index is 12.7. The van der Waals surface area contributed by atoms with E-state index in [1.165, 1.54) is 12.1 Å². The zero-order valence-electron chi connectivity index (χ0n) is 10.1. The van der Waals surface area contributed by atoms with Crippen LogP contribution < -0.4 is 11.1 Å². The molecule has 1 aromatic carbocycles. The Morgan fingerprint density at radius 1 is 1.35 bits per heavy atom. The highest BCUT2D eigenvalue weighted by molar-refractivity contribution is 5.82. The number of unbranched alkanes of at least 4 members (excludes halogenated alkanes) is 2. The van der Waals surface area contributed by atoms with Crippen LogP contribution in [0.15, 0.2) is 24.3 Å². The van der Waals surface area contributed by atoms with Crippen molar-refractivity contribution >= 4 is 11.6 Å². The maximum Gasteiger partial charge on any atom is 0.239 e. The lowest BCUT2D eigenvalue weighted by Gasteiger charge is -2.16. The van der Waals surface area contributed by atoms with Gasteiger partial charge in [0.1, 0.15) is 11.9 Å². The van der Waals surface area contributed by atoms with Gasteiger partial charge in [0.25, 0.3) is 0 Å². The van der Waals surface area contributed by atoms with Crippen LogP contribution in [0.5, 0.6) is 0 Å². The zero-order valence-corrected chi connectivity index (χ0v) is 10.1. The topological polar surface area (TPSA) is 55.1 Å². The first-order valence-corrected chi connectivity index (χ1v) is 5.95. The quantitative estimate of drug-likeness (QED) is 0.717. The number of primary amides is 1. The summed E-state index contributed by atoms with van der Waals surface area (Å²) in [6.45, 7) is 2.10. The van der Waals surface area contributed by atoms with Gasteiger partial charge < -0.3 is 11.1 Å². The van der Waals surface area contributed by atoms with Crippen molar-refractivity contribution in [3.63, 3.8) is 0 Å². The zero-order chi connectivity index (χ0) is 12.7. The first kappa shape index (κ1) is 13.5. The fraction of sp³-hybridized carbons (Fsp3) is 0.462. The molecule has 0 aliphatic heterocycles. The predicted octanol–water partition coefficient (Wildman–Crippen LogP) is 2.67. The van der Waals surface area contributed by atoms with Crippen LogP contribution in [0.2, 0.25) is 0 Å². The molecule has 4 heteroatoms. The van der Waals surface area contributed by atoms with E-state index in [1.807, 2.05) is 0 Å². The minimum absolute atomic E-state index is 0.294. The van der Waals surface area contributed by atoms with Gasteiger partial charge >= 0.3 is 0 Å². The fourth-order valence-corrected chi connectivity index (χ4v) is 1.63. The normalized spacial score (nSPS) is 12.1. The number of halogens is 1. The van der Waals surface area contributed by atoms with Gasteiger partial charge in [-0.15, -0.1) is 0 Å². The molecule has 0 saturated heterocycles. The Balaban J connectivity index is 2.54. The van der Waals surface area contributed by atoms with E-state index in [0.717, 1.165) is 19.3 Å². The summed E-state index contributed by atoms with van der Waals surface area (Å²) in [5.74, 6) is -0.664. The molecule has 0 aliphatic rings. The van der Waals surface area contributed by atoms with Gasteiger partial charge in [-0.2, -0.15) is 0 Å². The van der Waals surface area contributed by atoms with Crippen LogP contribution in [-0.4, -0.2) is 11.9 Å². The van der Waals surface area contributed by atoms with Crippen LogP contribution in [0.1, 0.15) is 32.6 Å². The molecule has 1 unspecified atom stereocenters. The van der Waals surface area contributed by atoms with Crippen LogP contribution in [0.4, 0.5) is 10.1 Å². The number of hydrogen-bond donors (Lipinski definition) is 2. The van der Waals surface area contributed by atoms with Gasteiger partial charge in [-0.1, -0.05) is 26.2 Å². The molecule has 0 saturated carbocycles. The second-order valence-electron chi connectivity index (χ2n) is 4.10. The maximum atomic E-state index is 12.7. The number of hydrogen-bond acceptors (Lipinski definition) is 2. The van der Waals surface area contributed by atoms with Crippen molar-refractivity contribution in [1.29, 1.82) is 0 Å². The highest BCUT2D eigenvalue weighted by Gasteiger charge is 2.14. The third kappa shape index (κ3) is 4.85. The van der Waals surface area contributed by atoms with E-state index in [1.54, 1.807) is 12.1 Å². The number of benzene rings is 1. The summed E-state index contributed by atoms with van der Waals surface area (Å²) in [7, 11) is 0. The monoisotopic (exact) mass is 238 g/mol. The number of carbonyl (C=O) groups is 1. The molecule has 1 atom stereocenters. The molecule has 0 spiro atoms. The van der Waals surface area contributed by atoms with E-state index >= 15 is 0 Å². The molecule has 1 amide bonds. The minimum atomic E-state index is -0.382. The van der Waals surface area contributed by atoms with Crippen molar-refractivity contribution in [1.82, 2.24) is 0 Å². The standard InChI is InChI=1S/C13H19FN2O/c1-2-3-4-5-12(13(15)17)16-11-8-6-10(14)7-9-11/h6-9,12,16H,2-5H2,1H3,(H2,15,17). The summed E-state index contributed by atoms with van der Waals surface area (Å²) < 4.78 is 12.7. The highest BCUT2D eigenvalue weighted by Crippen LogP contribution is 2.13. The molecule has 94 valence electrons. The minimum Gasteiger partial charge on any atom is -0.374 e. The van der Waals surface area contributed by atoms with E-state index in [0.29, 0.717) is 12.1 Å². The molecule has 1 aromatic rings. The van der Waals surface area contributed by atoms with Crippen LogP contribution in [0.3, 0.4) is 0 Å². The van der Waals surface area contributed by atoms with Gasteiger partial charge in [0.15, 0.2) is 0 Å². The summed E-state index contributed by atoms with van der Waals surface area (Å²) in [5, 5.41) is 3.02. The van der Waals surface area contributed by atoms with Gasteiger partial charge in [-0.05, 0) is 30.7 Å². The van der Waals surface area contributed by atoms with E-state index < -0.39 is 0 Å². The molecule has 3 nitrogen and oxygen atoms in total. The molecule has 0 aliphatic carbocycles. The van der Waals surface area contributed by atoms with E-state index in [9.17, 15) is 9.18 Å². The van der Waals surface area contributed by atoms with E-state index in [-0.39, 0.29) is 17.8 Å². The Bertz CT molecular complexity index is 351. The molecule has 17 heavy (non-hydrogen) atoms. The largest absolute Gasteiger partial charge is 0.374 e. The average Bonchev–Trinajstić information content (AvgIpc) is 2.30. The molecular formula is C13H19FN2O. The highest BCUT2D eigenvalue weighted by atomic mass is 19.1. The Morgan fingerprint density at radius 3 is 2.53 bits per heavy atom. The smallest absolute Gasteiger partial charge is 0.239 e. The average molecular weight is 238 g/mol. The van der Waals surface area contributed by atoms with Crippen LogP contribution in [0, 0.1) is 5.82 Å². The lowest BCUT2D eigenvalue weighted by molar-refractivity contribution is -0.118. The summed E-state index contributed by atoms with van der Waals surface area (Å²) in [4.78, 5) is 11.3. The Hall–Kier alpha value is -1.58. The van der Waals surface area contributed by atoms with Crippen LogP contribution >= 0.6 is 0 Å². The number of amides is 1. The molecule has 0 radical (unpaired) electrons. The Morgan fingerprint density at radius 2 is 2.00 bits per heavy atom. The second kappa shape index (κ2) is 6.89. The first-order valence-electron chi connectivity index (χ1n) is 5.95. The number of rotatable bonds is 7. The van der Waals surface area contributed by atoms with Crippen molar-refractivity contribution in [2.45, 2.75) is 38.6 Å². The van der Waals surface area contributed by atoms with Crippen molar-refractivity contribution in [3.05, 3.63) is 30.1 Å². The number of anilines is 1. The van der Waals surface area contributed by atoms with Crippen molar-refractivity contribution in [2.24, 2.45) is 5.73 Å². The summed E-state index contributed by atoms with van der Waals surface area (Å²) >= 11 is 0. The lowest BCUT2D eigenvalue weighted by atomic mass is 10.1. The third-order valence-corrected chi connectivity index (χ3v) is 2.62. The molecular weight excluding hydrogens is 219 g/mol. The number of nitrogens with two attached hydrogens (primary N) is 1. The third-order valence-electron chi connectivity index (χ3n) is 2.62. The molecule has 0 fully saturated rings. The fourth-order valence-electron chi connectivity index (χ4n) is 1.63. The van der Waals surface area contributed by atoms with Gasteiger partial charge in [-0.25, -0.2) is 4.39 Å². The van der Waals surface area contributed by atoms with Gasteiger partial charge in [-0.3, -0.25) is 4.79 Å². The van der Waals surface area contributed by atoms with Crippen molar-refractivity contribution in [2.75, 3.05) is 5.32 Å². The van der Waals surface area contributed by atoms with Gasteiger partial charge in [0, 0.05) is 5.69 Å². The van der Waals surface area contributed by atoms with Crippen LogP contribution in [0.25, 0.3) is 0 Å². The van der Waals surface area contributed by atoms with Gasteiger partial charge in [0.2, 0.25) is 5.91 Å². The Kier molecular flexibility index (Phi) is 5.46. The lowest BCUT2D eigenvalue weighted by Crippen LogP contribution is -2.35. The second-order valence-corrected chi connectivity index (χ2v) is 4.10. The molecule has 0 heterocycles. The van der Waals surface area contributed by atoms with Crippen LogP contribution in [-0.2, 0) is 4.79 Å². The molecule has 3 N–H and O–H groups in total. The summed E-state index contributed by atoms with van der Waals surface area (Å²) in [6.07, 6.45) is 3.84. The molecule has 1 rings (SSSR count). The molecule has 0 bridgehead atoms. The van der Waals surface area contributed by atoms with E-state index in [2.05, 4.69) is 12.2 Å². The van der Waals surface area contributed by atoms with Crippen molar-refractivity contribution < 1.29 is 9.18 Å². The number of nitrogens with one attached hydrogen (secondary N) is 1. The first-order chi connectivity index (χ1) is 8.13. The predicted molar refractivity (Wildman–Crippen MR) is 67.1 cm³/mol. The van der Waals surface area contributed by atoms with Gasteiger partial charge in [0.05, 0.1) is 0 Å². The van der Waals surface area contributed by atoms with E-state index in [4.69, 9.17) is 5.73 Å². The molecule has 0 aromatic heterocycles. The number of carbonyl (C=O) groups excluding carboxylic acids is 1. The Labute approximate surface area is 101 Å².